The van der Waals surface area contributed by atoms with Crippen LogP contribution in [0.4, 0.5) is 4.79 Å². The van der Waals surface area contributed by atoms with Crippen molar-refractivity contribution in [2.45, 2.75) is 19.9 Å². The van der Waals surface area contributed by atoms with E-state index in [-0.39, 0.29) is 18.5 Å². The van der Waals surface area contributed by atoms with Gasteiger partial charge in [-0.05, 0) is 23.6 Å². The highest BCUT2D eigenvalue weighted by atomic mass is 35.5. The molecule has 20 heavy (non-hydrogen) atoms. The molecule has 6 heteroatoms. The van der Waals surface area contributed by atoms with E-state index in [2.05, 4.69) is 29.8 Å². The predicted molar refractivity (Wildman–Crippen MR) is 79.6 cm³/mol. The molecule has 1 aromatic carbocycles. The Hall–Kier alpha value is -1.59. The molecule has 5 nitrogen and oxygen atoms in total. The molecule has 3 N–H and O–H groups in total. The van der Waals surface area contributed by atoms with Gasteiger partial charge in [0.1, 0.15) is 0 Å². The van der Waals surface area contributed by atoms with Crippen molar-refractivity contribution in [3.05, 3.63) is 34.9 Å². The molecule has 1 atom stereocenters. The summed E-state index contributed by atoms with van der Waals surface area (Å²) in [4.78, 5) is 22.6. The lowest BCUT2D eigenvalue weighted by molar-refractivity contribution is -0.119. The average molecular weight is 298 g/mol. The summed E-state index contributed by atoms with van der Waals surface area (Å²) in [5.41, 5.74) is 1.05. The van der Waals surface area contributed by atoms with Gasteiger partial charge in [0.25, 0.3) is 0 Å². The molecule has 0 saturated carbocycles. The molecule has 0 fully saturated rings. The van der Waals surface area contributed by atoms with Crippen LogP contribution in [0, 0.1) is 5.92 Å². The number of imide groups is 1. The monoisotopic (exact) mass is 297 g/mol. The van der Waals surface area contributed by atoms with E-state index in [0.717, 1.165) is 5.56 Å². The third-order valence-electron chi connectivity index (χ3n) is 2.86. The van der Waals surface area contributed by atoms with Crippen LogP contribution in [0.2, 0.25) is 5.02 Å². The second-order valence-electron chi connectivity index (χ2n) is 4.78. The van der Waals surface area contributed by atoms with Crippen LogP contribution < -0.4 is 16.0 Å². The summed E-state index contributed by atoms with van der Waals surface area (Å²) >= 11 is 5.87. The number of benzene rings is 1. The predicted octanol–water partition coefficient (Wildman–Crippen LogP) is 2.08. The minimum Gasteiger partial charge on any atom is -0.341 e. The van der Waals surface area contributed by atoms with E-state index in [1.807, 2.05) is 24.3 Å². The summed E-state index contributed by atoms with van der Waals surface area (Å²) in [6.07, 6.45) is 0. The Balaban J connectivity index is 2.62. The topological polar surface area (TPSA) is 70.2 Å². The lowest BCUT2D eigenvalue weighted by Gasteiger charge is -2.22. The first-order valence-electron chi connectivity index (χ1n) is 6.44. The van der Waals surface area contributed by atoms with Gasteiger partial charge >= 0.3 is 6.03 Å². The Bertz CT molecular complexity index is 460. The van der Waals surface area contributed by atoms with E-state index in [0.29, 0.717) is 10.9 Å². The quantitative estimate of drug-likeness (QED) is 0.779. The molecule has 0 spiro atoms. The van der Waals surface area contributed by atoms with Gasteiger partial charge in [0.05, 0.1) is 6.54 Å². The van der Waals surface area contributed by atoms with E-state index in [9.17, 15) is 9.59 Å². The molecular weight excluding hydrogens is 278 g/mol. The third kappa shape index (κ3) is 5.19. The van der Waals surface area contributed by atoms with E-state index in [1.165, 1.54) is 7.05 Å². The van der Waals surface area contributed by atoms with Crippen molar-refractivity contribution >= 4 is 23.5 Å². The number of hydrogen-bond acceptors (Lipinski definition) is 3. The van der Waals surface area contributed by atoms with E-state index in [4.69, 9.17) is 11.6 Å². The minimum atomic E-state index is -0.510. The highest BCUT2D eigenvalue weighted by Crippen LogP contribution is 2.22. The number of nitrogens with one attached hydrogen (secondary N) is 3. The lowest BCUT2D eigenvalue weighted by Crippen LogP contribution is -2.43. The van der Waals surface area contributed by atoms with Gasteiger partial charge in [-0.15, -0.1) is 0 Å². The Morgan fingerprint density at radius 2 is 1.80 bits per heavy atom. The van der Waals surface area contributed by atoms with Crippen LogP contribution in [0.25, 0.3) is 0 Å². The second-order valence-corrected chi connectivity index (χ2v) is 5.22. The molecule has 3 amide bonds. The minimum absolute atomic E-state index is 0.0164. The summed E-state index contributed by atoms with van der Waals surface area (Å²) < 4.78 is 0. The number of carbonyl (C=O) groups excluding carboxylic acids is 2. The molecule has 0 aliphatic rings. The van der Waals surface area contributed by atoms with E-state index < -0.39 is 6.03 Å². The molecule has 0 radical (unpaired) electrons. The smallest absolute Gasteiger partial charge is 0.321 e. The second kappa shape index (κ2) is 7.87. The lowest BCUT2D eigenvalue weighted by atomic mass is 9.96. The first-order valence-corrected chi connectivity index (χ1v) is 6.82. The number of hydrogen-bond donors (Lipinski definition) is 3. The summed E-state index contributed by atoms with van der Waals surface area (Å²) in [6.45, 7) is 4.19. The molecule has 1 aromatic rings. The maximum atomic E-state index is 11.6. The van der Waals surface area contributed by atoms with Crippen LogP contribution in [0.5, 0.6) is 0 Å². The SMILES string of the molecule is CNC(=O)NC(=O)CN[C@H](c1ccc(Cl)cc1)C(C)C. The van der Waals surface area contributed by atoms with Gasteiger partial charge in [0, 0.05) is 18.1 Å². The zero-order chi connectivity index (χ0) is 15.1. The number of carbonyl (C=O) groups is 2. The van der Waals surface area contributed by atoms with Crippen molar-refractivity contribution in [2.24, 2.45) is 5.92 Å². The largest absolute Gasteiger partial charge is 0.341 e. The van der Waals surface area contributed by atoms with Gasteiger partial charge in [0.2, 0.25) is 5.91 Å². The van der Waals surface area contributed by atoms with E-state index in [1.54, 1.807) is 0 Å². The zero-order valence-electron chi connectivity index (χ0n) is 11.9. The van der Waals surface area contributed by atoms with Crippen molar-refractivity contribution in [1.82, 2.24) is 16.0 Å². The van der Waals surface area contributed by atoms with Crippen LogP contribution in [-0.4, -0.2) is 25.5 Å². The average Bonchev–Trinajstić information content (AvgIpc) is 2.40. The normalized spacial score (nSPS) is 12.1. The van der Waals surface area contributed by atoms with Crippen LogP contribution in [0.15, 0.2) is 24.3 Å². The number of rotatable bonds is 5. The molecule has 0 aromatic heterocycles. The van der Waals surface area contributed by atoms with E-state index >= 15 is 0 Å². The van der Waals surface area contributed by atoms with Gasteiger partial charge < -0.3 is 10.6 Å². The number of urea groups is 1. The van der Waals surface area contributed by atoms with Crippen LogP contribution in [0.3, 0.4) is 0 Å². The zero-order valence-corrected chi connectivity index (χ0v) is 12.6. The maximum Gasteiger partial charge on any atom is 0.321 e. The van der Waals surface area contributed by atoms with Crippen LogP contribution >= 0.6 is 11.6 Å². The Morgan fingerprint density at radius 1 is 1.20 bits per heavy atom. The molecule has 0 heterocycles. The molecule has 0 saturated heterocycles. The molecule has 0 unspecified atom stereocenters. The number of halogens is 1. The molecular formula is C14H20ClN3O2. The number of amides is 3. The summed E-state index contributed by atoms with van der Waals surface area (Å²) in [5, 5.41) is 8.37. The first-order chi connectivity index (χ1) is 9.43. The first kappa shape index (κ1) is 16.5. The van der Waals surface area contributed by atoms with Crippen molar-refractivity contribution in [2.75, 3.05) is 13.6 Å². The highest BCUT2D eigenvalue weighted by Gasteiger charge is 2.17. The fourth-order valence-electron chi connectivity index (χ4n) is 1.84. The Kier molecular flexibility index (Phi) is 6.48. The van der Waals surface area contributed by atoms with Crippen molar-refractivity contribution < 1.29 is 9.59 Å². The highest BCUT2D eigenvalue weighted by molar-refractivity contribution is 6.30. The molecule has 1 rings (SSSR count). The fourth-order valence-corrected chi connectivity index (χ4v) is 1.97. The van der Waals surface area contributed by atoms with Crippen molar-refractivity contribution in [1.29, 1.82) is 0 Å². The van der Waals surface area contributed by atoms with Crippen molar-refractivity contribution in [3.63, 3.8) is 0 Å². The van der Waals surface area contributed by atoms with Gasteiger partial charge in [-0.3, -0.25) is 10.1 Å². The third-order valence-corrected chi connectivity index (χ3v) is 3.11. The van der Waals surface area contributed by atoms with Crippen LogP contribution in [-0.2, 0) is 4.79 Å². The van der Waals surface area contributed by atoms with Crippen molar-refractivity contribution in [3.8, 4) is 0 Å². The van der Waals surface area contributed by atoms with Crippen LogP contribution in [0.1, 0.15) is 25.5 Å². The Labute approximate surface area is 124 Å². The van der Waals surface area contributed by atoms with Gasteiger partial charge in [-0.1, -0.05) is 37.6 Å². The molecule has 110 valence electrons. The molecule has 0 aliphatic carbocycles. The summed E-state index contributed by atoms with van der Waals surface area (Å²) in [6, 6.07) is 7.00. The molecule has 0 bridgehead atoms. The van der Waals surface area contributed by atoms with Gasteiger partial charge in [-0.2, -0.15) is 0 Å². The molecule has 0 aliphatic heterocycles. The standard InChI is InChI=1S/C14H20ClN3O2/c1-9(2)13(10-4-6-11(15)7-5-10)17-8-12(19)18-14(20)16-3/h4-7,9,13,17H,8H2,1-3H3,(H2,16,18,19,20)/t13-/m0/s1. The maximum absolute atomic E-state index is 11.6. The van der Waals surface area contributed by atoms with Gasteiger partial charge in [-0.25, -0.2) is 4.79 Å². The Morgan fingerprint density at radius 3 is 2.30 bits per heavy atom. The summed E-state index contributed by atoms with van der Waals surface area (Å²) in [5.74, 6) is -0.0760. The van der Waals surface area contributed by atoms with Gasteiger partial charge in [0.15, 0.2) is 0 Å². The summed E-state index contributed by atoms with van der Waals surface area (Å²) in [7, 11) is 1.46. The fraction of sp³-hybridized carbons (Fsp3) is 0.429.